The van der Waals surface area contributed by atoms with Crippen molar-refractivity contribution < 1.29 is 18.8 Å². The molecule has 2 aromatic heterocycles. The third-order valence-electron chi connectivity index (χ3n) is 4.62. The number of amides is 1. The summed E-state index contributed by atoms with van der Waals surface area (Å²) in [7, 11) is 1.69. The van der Waals surface area contributed by atoms with E-state index in [2.05, 4.69) is 25.4 Å². The van der Waals surface area contributed by atoms with Crippen LogP contribution in [0.1, 0.15) is 41.9 Å². The van der Waals surface area contributed by atoms with E-state index in [-0.39, 0.29) is 25.2 Å². The molecule has 1 fully saturated rings. The highest BCUT2D eigenvalue weighted by molar-refractivity contribution is 7.09. The van der Waals surface area contributed by atoms with Crippen LogP contribution in [0.2, 0.25) is 0 Å². The first-order valence-electron chi connectivity index (χ1n) is 9.39. The molecule has 0 N–H and O–H groups in total. The first-order valence-corrected chi connectivity index (χ1v) is 10.3. The summed E-state index contributed by atoms with van der Waals surface area (Å²) in [4.78, 5) is 25.3. The van der Waals surface area contributed by atoms with E-state index in [1.165, 1.54) is 0 Å². The van der Waals surface area contributed by atoms with E-state index in [0.29, 0.717) is 18.3 Å². The van der Waals surface area contributed by atoms with Crippen molar-refractivity contribution in [1.82, 2.24) is 24.9 Å². The molecule has 1 amide bonds. The minimum absolute atomic E-state index is 0.0112. The second kappa shape index (κ2) is 10.1. The predicted octanol–water partition coefficient (Wildman–Crippen LogP) is 1.79. The van der Waals surface area contributed by atoms with Gasteiger partial charge in [-0.15, -0.1) is 11.3 Å². The summed E-state index contributed by atoms with van der Waals surface area (Å²) in [6.45, 7) is 7.90. The van der Waals surface area contributed by atoms with E-state index in [1.807, 2.05) is 11.8 Å². The molecule has 3 rings (SSSR count). The van der Waals surface area contributed by atoms with Gasteiger partial charge < -0.3 is 18.9 Å². The third-order valence-corrected chi connectivity index (χ3v) is 5.67. The van der Waals surface area contributed by atoms with Crippen LogP contribution in [-0.2, 0) is 27.4 Å². The van der Waals surface area contributed by atoms with E-state index in [1.54, 1.807) is 25.4 Å². The van der Waals surface area contributed by atoms with Crippen LogP contribution in [0.25, 0.3) is 0 Å². The zero-order valence-corrected chi connectivity index (χ0v) is 17.4. The van der Waals surface area contributed by atoms with Crippen molar-refractivity contribution in [3.8, 4) is 0 Å². The molecule has 0 bridgehead atoms. The first-order chi connectivity index (χ1) is 13.5. The summed E-state index contributed by atoms with van der Waals surface area (Å²) in [5, 5.41) is 6.78. The molecule has 28 heavy (non-hydrogen) atoms. The van der Waals surface area contributed by atoms with Crippen LogP contribution in [-0.4, -0.2) is 70.7 Å². The van der Waals surface area contributed by atoms with Crippen LogP contribution >= 0.6 is 11.3 Å². The van der Waals surface area contributed by atoms with E-state index in [9.17, 15) is 4.79 Å². The highest BCUT2D eigenvalue weighted by atomic mass is 32.1. The molecule has 9 nitrogen and oxygen atoms in total. The molecule has 2 aromatic rings. The number of aryl methyl sites for hydroxylation is 1. The fourth-order valence-electron chi connectivity index (χ4n) is 3.01. The van der Waals surface area contributed by atoms with Gasteiger partial charge in [-0.05, 0) is 20.3 Å². The summed E-state index contributed by atoms with van der Waals surface area (Å²) in [6.07, 6.45) is 0.951. The molecule has 0 spiro atoms. The fraction of sp³-hybridized carbons (Fsp3) is 0.667. The van der Waals surface area contributed by atoms with Gasteiger partial charge in [0.2, 0.25) is 5.91 Å². The minimum atomic E-state index is -0.0112. The lowest BCUT2D eigenvalue weighted by Gasteiger charge is -2.21. The third kappa shape index (κ3) is 5.81. The lowest BCUT2D eigenvalue weighted by molar-refractivity contribution is -0.136. The van der Waals surface area contributed by atoms with Crippen molar-refractivity contribution in [3.63, 3.8) is 0 Å². The molecule has 154 valence electrons. The van der Waals surface area contributed by atoms with Gasteiger partial charge in [-0.3, -0.25) is 9.69 Å². The maximum absolute atomic E-state index is 12.4. The Morgan fingerprint density at radius 1 is 1.32 bits per heavy atom. The number of aromatic nitrogens is 3. The quantitative estimate of drug-likeness (QED) is 0.651. The topological polar surface area (TPSA) is 93.8 Å². The molecule has 3 heterocycles. The highest BCUT2D eigenvalue weighted by Gasteiger charge is 2.20. The van der Waals surface area contributed by atoms with Crippen molar-refractivity contribution in [2.24, 2.45) is 0 Å². The number of rotatable bonds is 8. The molecule has 1 atom stereocenters. The first kappa shape index (κ1) is 20.8. The maximum Gasteiger partial charge on any atom is 0.252 e. The number of nitrogens with zero attached hydrogens (tertiary/aromatic N) is 5. The highest BCUT2D eigenvalue weighted by Crippen LogP contribution is 2.21. The largest absolute Gasteiger partial charge is 0.375 e. The number of thiazole rings is 1. The van der Waals surface area contributed by atoms with Gasteiger partial charge in [-0.1, -0.05) is 5.16 Å². The fourth-order valence-corrected chi connectivity index (χ4v) is 3.85. The Morgan fingerprint density at radius 3 is 2.93 bits per heavy atom. The molecular formula is C18H27N5O4S. The van der Waals surface area contributed by atoms with Gasteiger partial charge in [0.15, 0.2) is 5.82 Å². The molecular weight excluding hydrogens is 382 g/mol. The number of carbonyl (C=O) groups is 1. The van der Waals surface area contributed by atoms with E-state index >= 15 is 0 Å². The molecule has 0 radical (unpaired) electrons. The zero-order chi connectivity index (χ0) is 19.9. The number of ether oxygens (including phenoxy) is 2. The Hall–Kier alpha value is -1.88. The molecule has 0 saturated carbocycles. The molecule has 0 aromatic carbocycles. The molecule has 10 heteroatoms. The molecule has 1 aliphatic heterocycles. The van der Waals surface area contributed by atoms with Crippen LogP contribution in [0.4, 0.5) is 0 Å². The van der Waals surface area contributed by atoms with Crippen LogP contribution in [0.15, 0.2) is 9.90 Å². The summed E-state index contributed by atoms with van der Waals surface area (Å²) in [5.74, 6) is 0.933. The van der Waals surface area contributed by atoms with Crippen LogP contribution in [0.5, 0.6) is 0 Å². The predicted molar refractivity (Wildman–Crippen MR) is 103 cm³/mol. The van der Waals surface area contributed by atoms with Crippen molar-refractivity contribution >= 4 is 17.2 Å². The number of carbonyl (C=O) groups excluding carboxylic acids is 1. The van der Waals surface area contributed by atoms with Gasteiger partial charge in [-0.2, -0.15) is 4.98 Å². The Balaban J connectivity index is 1.42. The summed E-state index contributed by atoms with van der Waals surface area (Å²) < 4.78 is 15.7. The maximum atomic E-state index is 12.4. The Kier molecular flexibility index (Phi) is 7.49. The van der Waals surface area contributed by atoms with E-state index in [0.717, 1.165) is 43.3 Å². The number of methoxy groups -OCH3 is 1. The van der Waals surface area contributed by atoms with E-state index < -0.39 is 0 Å². The SMILES string of the molecule is CO[C@@H](C)c1nc(CN2CCCN(C(=O)COCc3nc(C)no3)CC2)cs1. The smallest absolute Gasteiger partial charge is 0.252 e. The molecule has 1 saturated heterocycles. The lowest BCUT2D eigenvalue weighted by Crippen LogP contribution is -2.37. The minimum Gasteiger partial charge on any atom is -0.375 e. The van der Waals surface area contributed by atoms with Gasteiger partial charge >= 0.3 is 0 Å². The average Bonchev–Trinajstić information content (AvgIpc) is 3.25. The van der Waals surface area contributed by atoms with E-state index in [4.69, 9.17) is 14.0 Å². The van der Waals surface area contributed by atoms with Crippen LogP contribution in [0.3, 0.4) is 0 Å². The summed E-state index contributed by atoms with van der Waals surface area (Å²) >= 11 is 1.63. The van der Waals surface area contributed by atoms with Gasteiger partial charge in [-0.25, -0.2) is 4.98 Å². The van der Waals surface area contributed by atoms with Crippen molar-refractivity contribution in [1.29, 1.82) is 0 Å². The lowest BCUT2D eigenvalue weighted by atomic mass is 10.3. The second-order valence-electron chi connectivity index (χ2n) is 6.79. The van der Waals surface area contributed by atoms with Gasteiger partial charge in [0, 0.05) is 45.2 Å². The Morgan fingerprint density at radius 2 is 2.18 bits per heavy atom. The van der Waals surface area contributed by atoms with Gasteiger partial charge in [0.25, 0.3) is 5.89 Å². The molecule has 0 unspecified atom stereocenters. The van der Waals surface area contributed by atoms with Crippen molar-refractivity contribution in [2.75, 3.05) is 39.9 Å². The van der Waals surface area contributed by atoms with Gasteiger partial charge in [0.05, 0.1) is 5.69 Å². The van der Waals surface area contributed by atoms with Crippen LogP contribution < -0.4 is 0 Å². The monoisotopic (exact) mass is 409 g/mol. The zero-order valence-electron chi connectivity index (χ0n) is 16.6. The van der Waals surface area contributed by atoms with Gasteiger partial charge in [0.1, 0.15) is 24.3 Å². The van der Waals surface area contributed by atoms with Crippen molar-refractivity contribution in [2.45, 2.75) is 39.5 Å². The number of hydrogen-bond acceptors (Lipinski definition) is 9. The second-order valence-corrected chi connectivity index (χ2v) is 7.68. The van der Waals surface area contributed by atoms with Crippen molar-refractivity contribution in [3.05, 3.63) is 27.8 Å². The van der Waals surface area contributed by atoms with Crippen LogP contribution in [0, 0.1) is 6.92 Å². The molecule has 1 aliphatic rings. The Bertz CT molecular complexity index is 765. The summed E-state index contributed by atoms with van der Waals surface area (Å²) in [5.41, 5.74) is 1.06. The Labute approximate surface area is 168 Å². The normalized spacial score (nSPS) is 16.9. The average molecular weight is 410 g/mol. The number of hydrogen-bond donors (Lipinski definition) is 0. The standard InChI is InChI=1S/C18H27N5O4S/c1-13(25-3)18-20-15(12-28-18)9-22-5-4-6-23(8-7-22)17(24)11-26-10-16-19-14(2)21-27-16/h12-13H,4-11H2,1-3H3/t13-/m0/s1. The summed E-state index contributed by atoms with van der Waals surface area (Å²) in [6, 6.07) is 0. The molecule has 0 aliphatic carbocycles.